The highest BCUT2D eigenvalue weighted by Gasteiger charge is 2.34. The summed E-state index contributed by atoms with van der Waals surface area (Å²) in [4.78, 5) is 21.0. The number of hydrazone groups is 1. The molecule has 3 atom stereocenters. The maximum absolute atomic E-state index is 12.7. The van der Waals surface area contributed by atoms with Crippen LogP contribution < -0.4 is 5.43 Å². The molecule has 1 rings (SSSR count). The van der Waals surface area contributed by atoms with E-state index in [0.717, 1.165) is 0 Å². The lowest BCUT2D eigenvalue weighted by molar-refractivity contribution is -0.384. The third-order valence-electron chi connectivity index (χ3n) is 3.22. The molecule has 1 aromatic carbocycles. The largest absolute Gasteiger partial charge is 0.477 e. The third-order valence-corrected chi connectivity index (χ3v) is 3.22. The first-order valence-electron chi connectivity index (χ1n) is 6.97. The minimum absolute atomic E-state index is 0.298. The fourth-order valence-electron chi connectivity index (χ4n) is 1.80. The Labute approximate surface area is 148 Å². The SMILES string of the molecule is O=C(O)/C(=N\Nc1cc(C(F)(F)F)ccc1[N+](=O)[O-])C(O)C(O)C(O)CO. The summed E-state index contributed by atoms with van der Waals surface area (Å²) in [5, 5.41) is 60.1. The molecule has 0 spiro atoms. The lowest BCUT2D eigenvalue weighted by Crippen LogP contribution is -2.46. The van der Waals surface area contributed by atoms with E-state index in [2.05, 4.69) is 5.10 Å². The van der Waals surface area contributed by atoms with Crippen molar-refractivity contribution < 1.29 is 48.4 Å². The van der Waals surface area contributed by atoms with Crippen molar-refractivity contribution in [3.8, 4) is 0 Å². The first-order valence-corrected chi connectivity index (χ1v) is 6.97. The van der Waals surface area contributed by atoms with E-state index < -0.39 is 64.6 Å². The Morgan fingerprint density at radius 3 is 2.33 bits per heavy atom. The van der Waals surface area contributed by atoms with Crippen LogP contribution in [0, 0.1) is 10.1 Å². The Kier molecular flexibility index (Phi) is 7.18. The molecule has 0 heterocycles. The van der Waals surface area contributed by atoms with Crippen LogP contribution in [0.3, 0.4) is 0 Å². The van der Waals surface area contributed by atoms with Gasteiger partial charge < -0.3 is 25.5 Å². The molecular formula is C13H14F3N3O8. The van der Waals surface area contributed by atoms with Crippen LogP contribution in [-0.2, 0) is 11.0 Å². The summed E-state index contributed by atoms with van der Waals surface area (Å²) in [6.07, 6.45) is -11.4. The van der Waals surface area contributed by atoms with Crippen LogP contribution in [0.1, 0.15) is 5.56 Å². The average molecular weight is 397 g/mol. The Morgan fingerprint density at radius 1 is 1.30 bits per heavy atom. The molecule has 0 saturated heterocycles. The van der Waals surface area contributed by atoms with Crippen molar-refractivity contribution >= 4 is 23.1 Å². The Morgan fingerprint density at radius 2 is 1.89 bits per heavy atom. The summed E-state index contributed by atoms with van der Waals surface area (Å²) in [5.74, 6) is -1.95. The highest BCUT2D eigenvalue weighted by atomic mass is 19.4. The van der Waals surface area contributed by atoms with E-state index in [-0.39, 0.29) is 0 Å². The van der Waals surface area contributed by atoms with Crippen molar-refractivity contribution in [2.24, 2.45) is 5.10 Å². The van der Waals surface area contributed by atoms with Crippen LogP contribution in [0.5, 0.6) is 0 Å². The zero-order chi connectivity index (χ0) is 20.9. The van der Waals surface area contributed by atoms with Gasteiger partial charge in [0.2, 0.25) is 0 Å². The number of aliphatic hydroxyl groups is 4. The molecule has 150 valence electrons. The van der Waals surface area contributed by atoms with Crippen molar-refractivity contribution in [2.75, 3.05) is 12.0 Å². The molecule has 0 radical (unpaired) electrons. The van der Waals surface area contributed by atoms with E-state index in [1.54, 1.807) is 5.43 Å². The number of hydrogen-bond donors (Lipinski definition) is 6. The van der Waals surface area contributed by atoms with Crippen LogP contribution >= 0.6 is 0 Å². The molecule has 14 heteroatoms. The molecule has 0 bridgehead atoms. The second-order valence-corrected chi connectivity index (χ2v) is 5.09. The molecule has 6 N–H and O–H groups in total. The molecular weight excluding hydrogens is 383 g/mol. The maximum Gasteiger partial charge on any atom is 0.416 e. The van der Waals surface area contributed by atoms with E-state index in [1.807, 2.05) is 0 Å². The number of benzene rings is 1. The van der Waals surface area contributed by atoms with Crippen molar-refractivity contribution in [2.45, 2.75) is 24.5 Å². The fourth-order valence-corrected chi connectivity index (χ4v) is 1.80. The molecule has 11 nitrogen and oxygen atoms in total. The summed E-state index contributed by atoms with van der Waals surface area (Å²) in [7, 11) is 0. The lowest BCUT2D eigenvalue weighted by Gasteiger charge is -2.21. The van der Waals surface area contributed by atoms with E-state index in [4.69, 9.17) is 10.2 Å². The number of carbonyl (C=O) groups is 1. The van der Waals surface area contributed by atoms with Crippen molar-refractivity contribution in [1.82, 2.24) is 0 Å². The summed E-state index contributed by atoms with van der Waals surface area (Å²) >= 11 is 0. The Hall–Kier alpha value is -2.81. The number of nitrogens with zero attached hydrogens (tertiary/aromatic N) is 2. The molecule has 0 amide bonds. The highest BCUT2D eigenvalue weighted by Crippen LogP contribution is 2.34. The van der Waals surface area contributed by atoms with Crippen molar-refractivity contribution in [1.29, 1.82) is 0 Å². The van der Waals surface area contributed by atoms with Gasteiger partial charge in [0.25, 0.3) is 5.69 Å². The molecule has 0 aliphatic heterocycles. The van der Waals surface area contributed by atoms with Gasteiger partial charge in [-0.25, -0.2) is 4.79 Å². The van der Waals surface area contributed by atoms with Gasteiger partial charge in [0, 0.05) is 6.07 Å². The monoisotopic (exact) mass is 397 g/mol. The smallest absolute Gasteiger partial charge is 0.416 e. The van der Waals surface area contributed by atoms with Gasteiger partial charge in [-0.15, -0.1) is 0 Å². The van der Waals surface area contributed by atoms with Crippen LogP contribution in [0.15, 0.2) is 23.3 Å². The summed E-state index contributed by atoms with van der Waals surface area (Å²) in [6.45, 7) is -1.04. The van der Waals surface area contributed by atoms with Crippen LogP contribution in [-0.4, -0.2) is 67.1 Å². The molecule has 3 unspecified atom stereocenters. The van der Waals surface area contributed by atoms with Gasteiger partial charge in [0.1, 0.15) is 24.0 Å². The standard InChI is InChI=1S/C13H14F3N3O8/c14-13(15,16)5-1-2-7(19(26)27)6(3-5)17-18-9(12(24)25)11(23)10(22)8(21)4-20/h1-3,8,10-11,17,20-23H,4H2,(H,24,25)/b18-9-. The van der Waals surface area contributed by atoms with E-state index >= 15 is 0 Å². The molecule has 1 aromatic rings. The highest BCUT2D eigenvalue weighted by molar-refractivity contribution is 6.37. The minimum Gasteiger partial charge on any atom is -0.477 e. The molecule has 0 saturated carbocycles. The van der Waals surface area contributed by atoms with Gasteiger partial charge in [-0.2, -0.15) is 18.3 Å². The van der Waals surface area contributed by atoms with Gasteiger partial charge in [0.05, 0.1) is 17.1 Å². The normalized spacial score (nSPS) is 15.7. The predicted molar refractivity (Wildman–Crippen MR) is 81.9 cm³/mol. The van der Waals surface area contributed by atoms with Crippen LogP contribution in [0.2, 0.25) is 0 Å². The van der Waals surface area contributed by atoms with Crippen molar-refractivity contribution in [3.63, 3.8) is 0 Å². The lowest BCUT2D eigenvalue weighted by atomic mass is 10.0. The topological polar surface area (TPSA) is 186 Å². The number of carboxylic acids is 1. The predicted octanol–water partition coefficient (Wildman–Crippen LogP) is -0.459. The zero-order valence-corrected chi connectivity index (χ0v) is 13.2. The number of aliphatic hydroxyl groups excluding tert-OH is 4. The van der Waals surface area contributed by atoms with E-state index in [0.29, 0.717) is 18.2 Å². The zero-order valence-electron chi connectivity index (χ0n) is 13.2. The number of carboxylic acid groups (broad SMARTS) is 1. The first kappa shape index (κ1) is 22.2. The van der Waals surface area contributed by atoms with E-state index in [9.17, 15) is 43.4 Å². The average Bonchev–Trinajstić information content (AvgIpc) is 2.58. The summed E-state index contributed by atoms with van der Waals surface area (Å²) < 4.78 is 38.2. The molecule has 0 aliphatic carbocycles. The summed E-state index contributed by atoms with van der Waals surface area (Å²) in [6, 6.07) is 1.25. The quantitative estimate of drug-likeness (QED) is 0.192. The minimum atomic E-state index is -4.86. The van der Waals surface area contributed by atoms with Crippen LogP contribution in [0.25, 0.3) is 0 Å². The number of nitro benzene ring substituents is 1. The Balaban J connectivity index is 3.29. The van der Waals surface area contributed by atoms with Gasteiger partial charge in [-0.1, -0.05) is 0 Å². The number of rotatable bonds is 8. The van der Waals surface area contributed by atoms with Gasteiger partial charge in [-0.05, 0) is 12.1 Å². The summed E-state index contributed by atoms with van der Waals surface area (Å²) in [5.41, 5.74) is -2.55. The number of hydrogen-bond acceptors (Lipinski definition) is 9. The number of aliphatic carboxylic acids is 1. The molecule has 0 aliphatic rings. The second kappa shape index (κ2) is 8.72. The van der Waals surface area contributed by atoms with Crippen molar-refractivity contribution in [3.05, 3.63) is 33.9 Å². The third kappa shape index (κ3) is 5.58. The number of nitrogens with one attached hydrogen (secondary N) is 1. The van der Waals surface area contributed by atoms with Gasteiger partial charge >= 0.3 is 12.1 Å². The number of alkyl halides is 3. The van der Waals surface area contributed by atoms with Crippen LogP contribution in [0.4, 0.5) is 24.5 Å². The maximum atomic E-state index is 12.7. The van der Waals surface area contributed by atoms with E-state index in [1.165, 1.54) is 0 Å². The molecule has 0 aromatic heterocycles. The fraction of sp³-hybridized carbons (Fsp3) is 0.385. The molecule has 27 heavy (non-hydrogen) atoms. The second-order valence-electron chi connectivity index (χ2n) is 5.09. The Bertz CT molecular complexity index is 740. The number of halogens is 3. The van der Waals surface area contributed by atoms with Gasteiger partial charge in [-0.3, -0.25) is 15.5 Å². The number of nitro groups is 1. The first-order chi connectivity index (χ1) is 12.4. The number of anilines is 1. The molecule has 0 fully saturated rings. The van der Waals surface area contributed by atoms with Gasteiger partial charge in [0.15, 0.2) is 5.71 Å².